The van der Waals surface area contributed by atoms with Crippen LogP contribution in [-0.2, 0) is 16.0 Å². The van der Waals surface area contributed by atoms with E-state index in [1.165, 1.54) is 0 Å². The monoisotopic (exact) mass is 408 g/mol. The number of aryl methyl sites for hydroxylation is 1. The minimum Gasteiger partial charge on any atom is -0.486 e. The lowest BCUT2D eigenvalue weighted by Gasteiger charge is -2.27. The van der Waals surface area contributed by atoms with Crippen LogP contribution in [0.25, 0.3) is 0 Å². The summed E-state index contributed by atoms with van der Waals surface area (Å²) in [5.41, 5.74) is 2.92. The zero-order chi connectivity index (χ0) is 20.5. The molecule has 2 amide bonds. The fourth-order valence-corrected chi connectivity index (χ4v) is 4.36. The number of hydrogen-bond acceptors (Lipinski definition) is 5. The number of amides is 2. The van der Waals surface area contributed by atoms with E-state index >= 15 is 0 Å². The molecule has 0 spiro atoms. The van der Waals surface area contributed by atoms with Gasteiger partial charge in [0.05, 0.1) is 6.04 Å². The van der Waals surface area contributed by atoms with E-state index < -0.39 is 0 Å². The SMILES string of the molecule is O=C1CCc2cc(OCC(=O)N3CCC[C@H]3c3ccc4c(c3)OCCO4)ccc2N1. The van der Waals surface area contributed by atoms with Gasteiger partial charge in [0.2, 0.25) is 5.91 Å². The van der Waals surface area contributed by atoms with Gasteiger partial charge in [-0.3, -0.25) is 9.59 Å². The van der Waals surface area contributed by atoms with Crippen LogP contribution < -0.4 is 19.5 Å². The number of rotatable bonds is 4. The van der Waals surface area contributed by atoms with Crippen LogP contribution in [0.15, 0.2) is 36.4 Å². The smallest absolute Gasteiger partial charge is 0.261 e. The van der Waals surface area contributed by atoms with E-state index in [1.54, 1.807) is 6.07 Å². The molecular weight excluding hydrogens is 384 g/mol. The Morgan fingerprint density at radius 1 is 1.10 bits per heavy atom. The molecule has 3 heterocycles. The highest BCUT2D eigenvalue weighted by atomic mass is 16.6. The Morgan fingerprint density at radius 2 is 1.97 bits per heavy atom. The maximum Gasteiger partial charge on any atom is 0.261 e. The number of benzene rings is 2. The number of nitrogens with zero attached hydrogens (tertiary/aromatic N) is 1. The lowest BCUT2D eigenvalue weighted by atomic mass is 10.0. The molecule has 7 nitrogen and oxygen atoms in total. The third kappa shape index (κ3) is 3.67. The molecule has 1 N–H and O–H groups in total. The van der Waals surface area contributed by atoms with E-state index in [1.807, 2.05) is 35.2 Å². The highest BCUT2D eigenvalue weighted by Gasteiger charge is 2.31. The number of anilines is 1. The van der Waals surface area contributed by atoms with Crippen LogP contribution in [0.5, 0.6) is 17.2 Å². The van der Waals surface area contributed by atoms with Crippen LogP contribution in [0.4, 0.5) is 5.69 Å². The molecule has 0 radical (unpaired) electrons. The van der Waals surface area contributed by atoms with Crippen molar-refractivity contribution in [2.24, 2.45) is 0 Å². The molecule has 5 rings (SSSR count). The van der Waals surface area contributed by atoms with Crippen LogP contribution in [0, 0.1) is 0 Å². The van der Waals surface area contributed by atoms with E-state index in [4.69, 9.17) is 14.2 Å². The molecule has 1 atom stereocenters. The van der Waals surface area contributed by atoms with Gasteiger partial charge in [-0.1, -0.05) is 6.07 Å². The molecule has 0 saturated carbocycles. The lowest BCUT2D eigenvalue weighted by molar-refractivity contribution is -0.134. The molecule has 156 valence electrons. The van der Waals surface area contributed by atoms with Crippen molar-refractivity contribution < 1.29 is 23.8 Å². The van der Waals surface area contributed by atoms with Crippen molar-refractivity contribution >= 4 is 17.5 Å². The molecule has 0 unspecified atom stereocenters. The summed E-state index contributed by atoms with van der Waals surface area (Å²) in [6, 6.07) is 11.5. The number of fused-ring (bicyclic) bond motifs is 2. The van der Waals surface area contributed by atoms with Gasteiger partial charge in [-0.05, 0) is 60.7 Å². The van der Waals surface area contributed by atoms with Crippen molar-refractivity contribution in [2.75, 3.05) is 31.7 Å². The summed E-state index contributed by atoms with van der Waals surface area (Å²) in [7, 11) is 0. The van der Waals surface area contributed by atoms with E-state index in [0.717, 1.165) is 47.7 Å². The molecule has 1 saturated heterocycles. The summed E-state index contributed by atoms with van der Waals surface area (Å²) in [6.07, 6.45) is 3.04. The number of likely N-dealkylation sites (tertiary alicyclic amines) is 1. The summed E-state index contributed by atoms with van der Waals surface area (Å²) in [5.74, 6) is 2.15. The third-order valence-electron chi connectivity index (χ3n) is 5.86. The van der Waals surface area contributed by atoms with Gasteiger partial charge in [0, 0.05) is 18.7 Å². The largest absolute Gasteiger partial charge is 0.486 e. The summed E-state index contributed by atoms with van der Waals surface area (Å²) in [4.78, 5) is 26.3. The van der Waals surface area contributed by atoms with Gasteiger partial charge in [-0.2, -0.15) is 0 Å². The Kier molecular flexibility index (Phi) is 4.94. The van der Waals surface area contributed by atoms with Crippen molar-refractivity contribution in [2.45, 2.75) is 31.7 Å². The first-order valence-corrected chi connectivity index (χ1v) is 10.4. The molecule has 7 heteroatoms. The highest BCUT2D eigenvalue weighted by molar-refractivity contribution is 5.94. The Hall–Kier alpha value is -3.22. The molecule has 30 heavy (non-hydrogen) atoms. The van der Waals surface area contributed by atoms with Gasteiger partial charge in [-0.15, -0.1) is 0 Å². The van der Waals surface area contributed by atoms with Gasteiger partial charge in [0.25, 0.3) is 5.91 Å². The van der Waals surface area contributed by atoms with E-state index in [0.29, 0.717) is 31.8 Å². The van der Waals surface area contributed by atoms with Crippen molar-refractivity contribution in [1.29, 1.82) is 0 Å². The van der Waals surface area contributed by atoms with E-state index in [2.05, 4.69) is 5.32 Å². The lowest BCUT2D eigenvalue weighted by Crippen LogP contribution is -2.34. The number of carbonyl (C=O) groups excluding carboxylic acids is 2. The quantitative estimate of drug-likeness (QED) is 0.841. The summed E-state index contributed by atoms with van der Waals surface area (Å²) < 4.78 is 17.1. The summed E-state index contributed by atoms with van der Waals surface area (Å²) in [5, 5.41) is 2.85. The molecule has 3 aliphatic rings. The Morgan fingerprint density at radius 3 is 2.87 bits per heavy atom. The van der Waals surface area contributed by atoms with Crippen LogP contribution in [0.2, 0.25) is 0 Å². The number of nitrogens with one attached hydrogen (secondary N) is 1. The van der Waals surface area contributed by atoms with Gasteiger partial charge < -0.3 is 24.4 Å². The van der Waals surface area contributed by atoms with E-state index in [-0.39, 0.29) is 24.5 Å². The Bertz CT molecular complexity index is 990. The van der Waals surface area contributed by atoms with Crippen molar-refractivity contribution in [3.63, 3.8) is 0 Å². The summed E-state index contributed by atoms with van der Waals surface area (Å²) in [6.45, 7) is 1.82. The molecule has 1 fully saturated rings. The second kappa shape index (κ2) is 7.89. The second-order valence-electron chi connectivity index (χ2n) is 7.80. The maximum absolute atomic E-state index is 12.9. The topological polar surface area (TPSA) is 77.1 Å². The van der Waals surface area contributed by atoms with Crippen molar-refractivity contribution in [3.8, 4) is 17.2 Å². The van der Waals surface area contributed by atoms with Crippen LogP contribution in [-0.4, -0.2) is 43.1 Å². The second-order valence-corrected chi connectivity index (χ2v) is 7.80. The first-order valence-electron chi connectivity index (χ1n) is 10.4. The molecule has 0 bridgehead atoms. The highest BCUT2D eigenvalue weighted by Crippen LogP contribution is 2.38. The predicted octanol–water partition coefficient (Wildman–Crippen LogP) is 3.09. The van der Waals surface area contributed by atoms with Crippen LogP contribution >= 0.6 is 0 Å². The van der Waals surface area contributed by atoms with Crippen molar-refractivity contribution in [1.82, 2.24) is 4.90 Å². The van der Waals surface area contributed by atoms with Gasteiger partial charge >= 0.3 is 0 Å². The van der Waals surface area contributed by atoms with Gasteiger partial charge in [-0.25, -0.2) is 0 Å². The summed E-state index contributed by atoms with van der Waals surface area (Å²) >= 11 is 0. The van der Waals surface area contributed by atoms with Gasteiger partial charge in [0.15, 0.2) is 18.1 Å². The molecule has 2 aromatic rings. The average Bonchev–Trinajstić information content (AvgIpc) is 3.27. The zero-order valence-corrected chi connectivity index (χ0v) is 16.7. The van der Waals surface area contributed by atoms with Crippen LogP contribution in [0.1, 0.15) is 36.4 Å². The number of ether oxygens (including phenoxy) is 3. The molecular formula is C23H24N2O5. The van der Waals surface area contributed by atoms with Gasteiger partial charge in [0.1, 0.15) is 19.0 Å². The third-order valence-corrected chi connectivity index (χ3v) is 5.86. The molecule has 0 aliphatic carbocycles. The predicted molar refractivity (Wildman–Crippen MR) is 110 cm³/mol. The fraction of sp³-hybridized carbons (Fsp3) is 0.391. The Labute approximate surface area is 174 Å². The minimum atomic E-state index is -0.0292. The first-order chi connectivity index (χ1) is 14.7. The fourth-order valence-electron chi connectivity index (χ4n) is 4.36. The Balaban J connectivity index is 1.25. The number of carbonyl (C=O) groups is 2. The average molecular weight is 408 g/mol. The molecule has 3 aliphatic heterocycles. The first kappa shape index (κ1) is 18.8. The minimum absolute atomic E-state index is 0.00774. The van der Waals surface area contributed by atoms with Crippen LogP contribution in [0.3, 0.4) is 0 Å². The standard InChI is InChI=1S/C23H24N2O5/c26-22-8-4-15-12-17(5-6-18(15)24-22)30-14-23(27)25-9-1-2-19(25)16-3-7-20-21(13-16)29-11-10-28-20/h3,5-7,12-13,19H,1-2,4,8-11,14H2,(H,24,26)/t19-/m0/s1. The normalized spacial score (nSPS) is 19.8. The zero-order valence-electron chi connectivity index (χ0n) is 16.7. The molecule has 2 aromatic carbocycles. The maximum atomic E-state index is 12.9. The number of hydrogen-bond donors (Lipinski definition) is 1. The van der Waals surface area contributed by atoms with Crippen molar-refractivity contribution in [3.05, 3.63) is 47.5 Å². The molecule has 0 aromatic heterocycles. The van der Waals surface area contributed by atoms with E-state index in [9.17, 15) is 9.59 Å².